The van der Waals surface area contributed by atoms with Crippen LogP contribution in [0.25, 0.3) is 5.65 Å². The number of rotatable bonds is 3. The molecule has 22 heavy (non-hydrogen) atoms. The standard InChI is InChI=1S/C15H21N5O2/c1-3-4-18-5-7-19(8-6-18)15(22)12-10-16-20-13(21)9-11(2)17-14(12)20/h9-10,16H,3-8H2,1-2H3. The molecular weight excluding hydrogens is 282 g/mol. The highest BCUT2D eigenvalue weighted by Crippen LogP contribution is 2.12. The first kappa shape index (κ1) is 14.8. The maximum atomic E-state index is 12.7. The van der Waals surface area contributed by atoms with Gasteiger partial charge in [-0.15, -0.1) is 0 Å². The summed E-state index contributed by atoms with van der Waals surface area (Å²) in [5.41, 5.74) is 1.29. The number of aryl methyl sites for hydroxylation is 1. The summed E-state index contributed by atoms with van der Waals surface area (Å²) in [5, 5.41) is 2.82. The number of nitrogens with one attached hydrogen (secondary N) is 1. The van der Waals surface area contributed by atoms with Gasteiger partial charge in [0, 0.05) is 44.1 Å². The Hall–Kier alpha value is -2.15. The van der Waals surface area contributed by atoms with E-state index in [0.29, 0.717) is 30.0 Å². The van der Waals surface area contributed by atoms with Gasteiger partial charge in [-0.1, -0.05) is 6.92 Å². The normalized spacial score (nSPS) is 16.4. The number of carbonyl (C=O) groups is 1. The fourth-order valence-corrected chi connectivity index (χ4v) is 2.91. The van der Waals surface area contributed by atoms with Crippen molar-refractivity contribution in [2.45, 2.75) is 20.3 Å². The third kappa shape index (κ3) is 2.64. The molecule has 2 aromatic rings. The van der Waals surface area contributed by atoms with Gasteiger partial charge in [-0.25, -0.2) is 9.50 Å². The largest absolute Gasteiger partial charge is 0.336 e. The number of hydrogen-bond acceptors (Lipinski definition) is 4. The second kappa shape index (κ2) is 5.92. The van der Waals surface area contributed by atoms with Crippen LogP contribution in [0.15, 0.2) is 17.1 Å². The summed E-state index contributed by atoms with van der Waals surface area (Å²) in [5.74, 6) is -0.0626. The topological polar surface area (TPSA) is 73.7 Å². The van der Waals surface area contributed by atoms with E-state index in [1.807, 2.05) is 4.90 Å². The summed E-state index contributed by atoms with van der Waals surface area (Å²) in [6.45, 7) is 8.22. The Labute approximate surface area is 128 Å². The molecule has 118 valence electrons. The second-order valence-electron chi connectivity index (χ2n) is 5.72. The van der Waals surface area contributed by atoms with E-state index in [1.165, 1.54) is 10.6 Å². The molecule has 0 bridgehead atoms. The van der Waals surface area contributed by atoms with Crippen LogP contribution in [0.5, 0.6) is 0 Å². The van der Waals surface area contributed by atoms with Gasteiger partial charge in [-0.2, -0.15) is 0 Å². The van der Waals surface area contributed by atoms with E-state index >= 15 is 0 Å². The first-order valence-electron chi connectivity index (χ1n) is 7.69. The number of H-pyrrole nitrogens is 1. The number of fused-ring (bicyclic) bond motifs is 1. The van der Waals surface area contributed by atoms with Crippen LogP contribution in [-0.2, 0) is 0 Å². The van der Waals surface area contributed by atoms with Crippen LogP contribution in [0.1, 0.15) is 29.4 Å². The van der Waals surface area contributed by atoms with Gasteiger partial charge in [0.15, 0.2) is 5.65 Å². The minimum Gasteiger partial charge on any atom is -0.336 e. The Balaban J connectivity index is 1.83. The van der Waals surface area contributed by atoms with Gasteiger partial charge in [-0.05, 0) is 19.9 Å². The smallest absolute Gasteiger partial charge is 0.272 e. The molecule has 0 atom stereocenters. The van der Waals surface area contributed by atoms with Crippen molar-refractivity contribution >= 4 is 11.6 Å². The number of carbonyl (C=O) groups excluding carboxylic acids is 1. The van der Waals surface area contributed by atoms with Gasteiger partial charge >= 0.3 is 0 Å². The van der Waals surface area contributed by atoms with E-state index in [9.17, 15) is 9.59 Å². The molecule has 0 unspecified atom stereocenters. The second-order valence-corrected chi connectivity index (χ2v) is 5.72. The van der Waals surface area contributed by atoms with Crippen LogP contribution < -0.4 is 5.56 Å². The van der Waals surface area contributed by atoms with Crippen LogP contribution in [0, 0.1) is 6.92 Å². The lowest BCUT2D eigenvalue weighted by atomic mass is 10.2. The molecule has 1 aliphatic heterocycles. The van der Waals surface area contributed by atoms with Gasteiger partial charge in [0.1, 0.15) is 5.56 Å². The summed E-state index contributed by atoms with van der Waals surface area (Å²) < 4.78 is 1.31. The number of aromatic amines is 1. The van der Waals surface area contributed by atoms with Crippen LogP contribution in [-0.4, -0.2) is 63.0 Å². The Morgan fingerprint density at radius 1 is 1.32 bits per heavy atom. The molecule has 1 N–H and O–H groups in total. The average Bonchev–Trinajstić information content (AvgIpc) is 2.91. The van der Waals surface area contributed by atoms with E-state index in [0.717, 1.165) is 26.1 Å². The van der Waals surface area contributed by atoms with Crippen LogP contribution >= 0.6 is 0 Å². The predicted octanol–water partition coefficient (Wildman–Crippen LogP) is 0.499. The first-order chi connectivity index (χ1) is 10.6. The molecule has 1 amide bonds. The molecule has 1 aliphatic rings. The molecule has 3 heterocycles. The monoisotopic (exact) mass is 303 g/mol. The zero-order valence-corrected chi connectivity index (χ0v) is 13.0. The third-order valence-corrected chi connectivity index (χ3v) is 4.06. The number of hydrogen-bond donors (Lipinski definition) is 1. The van der Waals surface area contributed by atoms with Crippen molar-refractivity contribution in [3.05, 3.63) is 33.9 Å². The predicted molar refractivity (Wildman–Crippen MR) is 83.2 cm³/mol. The fourth-order valence-electron chi connectivity index (χ4n) is 2.91. The highest BCUT2D eigenvalue weighted by Gasteiger charge is 2.24. The summed E-state index contributed by atoms with van der Waals surface area (Å²) in [4.78, 5) is 33.1. The first-order valence-corrected chi connectivity index (χ1v) is 7.69. The third-order valence-electron chi connectivity index (χ3n) is 4.06. The Bertz CT molecular complexity index is 740. The van der Waals surface area contributed by atoms with Crippen molar-refractivity contribution < 1.29 is 4.79 Å². The minimum absolute atomic E-state index is 0.0626. The number of amides is 1. The summed E-state index contributed by atoms with van der Waals surface area (Å²) in [6.07, 6.45) is 2.70. The molecule has 0 spiro atoms. The van der Waals surface area contributed by atoms with Crippen LogP contribution in [0.2, 0.25) is 0 Å². The molecule has 2 aromatic heterocycles. The maximum Gasteiger partial charge on any atom is 0.272 e. The van der Waals surface area contributed by atoms with Crippen molar-refractivity contribution in [2.24, 2.45) is 0 Å². The molecule has 7 nitrogen and oxygen atoms in total. The van der Waals surface area contributed by atoms with Crippen LogP contribution in [0.4, 0.5) is 0 Å². The van der Waals surface area contributed by atoms with Crippen molar-refractivity contribution in [1.29, 1.82) is 0 Å². The zero-order chi connectivity index (χ0) is 15.7. The van der Waals surface area contributed by atoms with Crippen molar-refractivity contribution in [1.82, 2.24) is 24.4 Å². The maximum absolute atomic E-state index is 12.7. The van der Waals surface area contributed by atoms with Gasteiger partial charge in [0.05, 0.1) is 0 Å². The molecule has 0 aromatic carbocycles. The van der Waals surface area contributed by atoms with Crippen molar-refractivity contribution in [3.63, 3.8) is 0 Å². The Kier molecular flexibility index (Phi) is 3.98. The average molecular weight is 303 g/mol. The van der Waals surface area contributed by atoms with Gasteiger partial charge in [-0.3, -0.25) is 19.6 Å². The summed E-state index contributed by atoms with van der Waals surface area (Å²) in [7, 11) is 0. The van der Waals surface area contributed by atoms with E-state index in [-0.39, 0.29) is 11.5 Å². The molecule has 3 rings (SSSR count). The number of aromatic nitrogens is 3. The van der Waals surface area contributed by atoms with Crippen molar-refractivity contribution in [3.8, 4) is 0 Å². The van der Waals surface area contributed by atoms with Gasteiger partial charge < -0.3 is 4.90 Å². The highest BCUT2D eigenvalue weighted by molar-refractivity contribution is 5.99. The lowest BCUT2D eigenvalue weighted by molar-refractivity contribution is 0.0639. The molecule has 1 saturated heterocycles. The van der Waals surface area contributed by atoms with E-state index in [4.69, 9.17) is 0 Å². The molecular formula is C15H21N5O2. The van der Waals surface area contributed by atoms with Crippen molar-refractivity contribution in [2.75, 3.05) is 32.7 Å². The zero-order valence-electron chi connectivity index (χ0n) is 13.0. The van der Waals surface area contributed by atoms with E-state index in [2.05, 4.69) is 21.9 Å². The van der Waals surface area contributed by atoms with E-state index in [1.54, 1.807) is 13.1 Å². The summed E-state index contributed by atoms with van der Waals surface area (Å²) in [6, 6.07) is 1.45. The Morgan fingerprint density at radius 2 is 2.05 bits per heavy atom. The highest BCUT2D eigenvalue weighted by atomic mass is 16.2. The van der Waals surface area contributed by atoms with Crippen LogP contribution in [0.3, 0.4) is 0 Å². The molecule has 1 fully saturated rings. The van der Waals surface area contributed by atoms with Gasteiger partial charge in [0.25, 0.3) is 11.5 Å². The molecule has 0 aliphatic carbocycles. The molecule has 7 heteroatoms. The minimum atomic E-state index is -0.200. The molecule has 0 saturated carbocycles. The lowest BCUT2D eigenvalue weighted by Gasteiger charge is -2.34. The number of nitrogens with zero attached hydrogens (tertiary/aromatic N) is 4. The van der Waals surface area contributed by atoms with Gasteiger partial charge in [0.2, 0.25) is 0 Å². The summed E-state index contributed by atoms with van der Waals surface area (Å²) >= 11 is 0. The SMILES string of the molecule is CCCN1CCN(C(=O)c2c[nH]n3c(=O)cc(C)nc23)CC1. The van der Waals surface area contributed by atoms with E-state index < -0.39 is 0 Å². The fraction of sp³-hybridized carbons (Fsp3) is 0.533. The quantitative estimate of drug-likeness (QED) is 0.896. The Morgan fingerprint density at radius 3 is 2.73 bits per heavy atom. The molecule has 0 radical (unpaired) electrons. The number of piperazine rings is 1. The lowest BCUT2D eigenvalue weighted by Crippen LogP contribution is -2.48.